The standard InChI is InChI=1S/C27H25N3O3/c1-18-15-20-7-5-6-10-24(20)30(18)27(33)19-11-13-22(14-12-19)28-26(32)21-16-25(31)29(17-21)23-8-3-2-4-9-23/h2-14,18,21H,15-17H2,1H3,(H,28,32). The van der Waals surface area contributed by atoms with E-state index in [1.54, 1.807) is 29.2 Å². The smallest absolute Gasteiger partial charge is 0.258 e. The summed E-state index contributed by atoms with van der Waals surface area (Å²) in [4.78, 5) is 41.8. The highest BCUT2D eigenvalue weighted by Gasteiger charge is 2.35. The average molecular weight is 440 g/mol. The first-order valence-electron chi connectivity index (χ1n) is 11.2. The molecule has 2 atom stereocenters. The lowest BCUT2D eigenvalue weighted by Gasteiger charge is -2.23. The summed E-state index contributed by atoms with van der Waals surface area (Å²) in [5, 5.41) is 2.89. The molecule has 33 heavy (non-hydrogen) atoms. The first-order chi connectivity index (χ1) is 16.0. The summed E-state index contributed by atoms with van der Waals surface area (Å²) in [5.74, 6) is -0.712. The molecule has 1 N–H and O–H groups in total. The number of nitrogens with zero attached hydrogens (tertiary/aromatic N) is 2. The van der Waals surface area contributed by atoms with Gasteiger partial charge in [0.2, 0.25) is 11.8 Å². The quantitative estimate of drug-likeness (QED) is 0.660. The number of rotatable bonds is 4. The third-order valence-electron chi connectivity index (χ3n) is 6.39. The van der Waals surface area contributed by atoms with E-state index < -0.39 is 5.92 Å². The van der Waals surface area contributed by atoms with Crippen LogP contribution >= 0.6 is 0 Å². The van der Waals surface area contributed by atoms with Gasteiger partial charge < -0.3 is 15.1 Å². The normalized spacial score (nSPS) is 19.5. The molecule has 3 aromatic rings. The van der Waals surface area contributed by atoms with Gasteiger partial charge in [0.25, 0.3) is 5.91 Å². The average Bonchev–Trinajstić information content (AvgIpc) is 3.39. The van der Waals surface area contributed by atoms with Crippen molar-refractivity contribution in [2.45, 2.75) is 25.8 Å². The van der Waals surface area contributed by atoms with Crippen molar-refractivity contribution in [1.82, 2.24) is 0 Å². The SMILES string of the molecule is CC1Cc2ccccc2N1C(=O)c1ccc(NC(=O)C2CC(=O)N(c3ccccc3)C2)cc1. The highest BCUT2D eigenvalue weighted by molar-refractivity contribution is 6.08. The summed E-state index contributed by atoms with van der Waals surface area (Å²) in [5.41, 5.74) is 4.12. The molecule has 2 heterocycles. The van der Waals surface area contributed by atoms with Gasteiger partial charge in [0.15, 0.2) is 0 Å². The first-order valence-corrected chi connectivity index (χ1v) is 11.2. The summed E-state index contributed by atoms with van der Waals surface area (Å²) in [7, 11) is 0. The minimum Gasteiger partial charge on any atom is -0.326 e. The topological polar surface area (TPSA) is 69.7 Å². The Morgan fingerprint density at radius 1 is 0.879 bits per heavy atom. The van der Waals surface area contributed by atoms with Gasteiger partial charge in [-0.1, -0.05) is 36.4 Å². The molecule has 0 spiro atoms. The Hall–Kier alpha value is -3.93. The van der Waals surface area contributed by atoms with Crippen LogP contribution in [0.1, 0.15) is 29.3 Å². The van der Waals surface area contributed by atoms with Crippen molar-refractivity contribution in [2.75, 3.05) is 21.7 Å². The van der Waals surface area contributed by atoms with Crippen LogP contribution < -0.4 is 15.1 Å². The second kappa shape index (κ2) is 8.54. The zero-order chi connectivity index (χ0) is 22.9. The summed E-state index contributed by atoms with van der Waals surface area (Å²) in [6.45, 7) is 2.41. The van der Waals surface area contributed by atoms with Gasteiger partial charge >= 0.3 is 0 Å². The molecule has 3 aromatic carbocycles. The van der Waals surface area contributed by atoms with Crippen LogP contribution in [-0.4, -0.2) is 30.3 Å². The molecule has 2 unspecified atom stereocenters. The van der Waals surface area contributed by atoms with E-state index in [2.05, 4.69) is 11.4 Å². The van der Waals surface area contributed by atoms with Crippen molar-refractivity contribution in [2.24, 2.45) is 5.92 Å². The summed E-state index contributed by atoms with van der Waals surface area (Å²) >= 11 is 0. The van der Waals surface area contributed by atoms with Crippen molar-refractivity contribution in [1.29, 1.82) is 0 Å². The lowest BCUT2D eigenvalue weighted by atomic mass is 10.1. The van der Waals surface area contributed by atoms with Crippen LogP contribution in [0.4, 0.5) is 17.1 Å². The third-order valence-corrected chi connectivity index (χ3v) is 6.39. The van der Waals surface area contributed by atoms with Crippen molar-refractivity contribution >= 4 is 34.8 Å². The maximum Gasteiger partial charge on any atom is 0.258 e. The van der Waals surface area contributed by atoms with Gasteiger partial charge in [0.05, 0.1) is 5.92 Å². The highest BCUT2D eigenvalue weighted by Crippen LogP contribution is 2.33. The van der Waals surface area contributed by atoms with Gasteiger partial charge in [-0.05, 0) is 61.4 Å². The lowest BCUT2D eigenvalue weighted by Crippen LogP contribution is -2.35. The predicted octanol–water partition coefficient (Wildman–Crippen LogP) is 4.27. The van der Waals surface area contributed by atoms with Crippen LogP contribution in [0.5, 0.6) is 0 Å². The monoisotopic (exact) mass is 439 g/mol. The number of benzene rings is 3. The number of carbonyl (C=O) groups excluding carboxylic acids is 3. The Kier molecular flexibility index (Phi) is 5.42. The van der Waals surface area contributed by atoms with Gasteiger partial charge in [0.1, 0.15) is 0 Å². The molecular formula is C27H25N3O3. The fraction of sp³-hybridized carbons (Fsp3) is 0.222. The second-order valence-electron chi connectivity index (χ2n) is 8.66. The largest absolute Gasteiger partial charge is 0.326 e. The maximum absolute atomic E-state index is 13.2. The van der Waals surface area contributed by atoms with E-state index in [1.807, 2.05) is 60.4 Å². The molecule has 2 aliphatic rings. The maximum atomic E-state index is 13.2. The Morgan fingerprint density at radius 2 is 1.58 bits per heavy atom. The van der Waals surface area contributed by atoms with Crippen LogP contribution in [0, 0.1) is 5.92 Å². The Bertz CT molecular complexity index is 1210. The molecule has 1 fully saturated rings. The van der Waals surface area contributed by atoms with Crippen LogP contribution in [0.15, 0.2) is 78.9 Å². The van der Waals surface area contributed by atoms with Gasteiger partial charge in [-0.3, -0.25) is 14.4 Å². The number of nitrogens with one attached hydrogen (secondary N) is 1. The highest BCUT2D eigenvalue weighted by atomic mass is 16.2. The predicted molar refractivity (Wildman–Crippen MR) is 128 cm³/mol. The zero-order valence-electron chi connectivity index (χ0n) is 18.4. The first kappa shape index (κ1) is 20.9. The minimum atomic E-state index is -0.416. The fourth-order valence-electron chi connectivity index (χ4n) is 4.70. The minimum absolute atomic E-state index is 0.0507. The number of para-hydroxylation sites is 2. The Morgan fingerprint density at radius 3 is 2.33 bits per heavy atom. The van der Waals surface area contributed by atoms with Gasteiger partial charge in [-0.15, -0.1) is 0 Å². The molecule has 0 bridgehead atoms. The molecule has 1 saturated heterocycles. The van der Waals surface area contributed by atoms with Crippen LogP contribution in [-0.2, 0) is 16.0 Å². The molecule has 6 heteroatoms. The third kappa shape index (κ3) is 4.00. The lowest BCUT2D eigenvalue weighted by molar-refractivity contribution is -0.122. The summed E-state index contributed by atoms with van der Waals surface area (Å²) in [6, 6.07) is 24.4. The van der Waals surface area contributed by atoms with Crippen molar-refractivity contribution in [3.63, 3.8) is 0 Å². The fourth-order valence-corrected chi connectivity index (χ4v) is 4.70. The number of carbonyl (C=O) groups is 3. The second-order valence-corrected chi connectivity index (χ2v) is 8.66. The van der Waals surface area contributed by atoms with Crippen molar-refractivity contribution in [3.8, 4) is 0 Å². The number of hydrogen-bond donors (Lipinski definition) is 1. The van der Waals surface area contributed by atoms with E-state index in [4.69, 9.17) is 0 Å². The molecule has 166 valence electrons. The number of amides is 3. The van der Waals surface area contributed by atoms with E-state index >= 15 is 0 Å². The number of hydrogen-bond acceptors (Lipinski definition) is 3. The van der Waals surface area contributed by atoms with Crippen LogP contribution in [0.3, 0.4) is 0 Å². The van der Waals surface area contributed by atoms with Gasteiger partial charge in [-0.25, -0.2) is 0 Å². The van der Waals surface area contributed by atoms with E-state index in [9.17, 15) is 14.4 Å². The number of anilines is 3. The molecule has 3 amide bonds. The van der Waals surface area contributed by atoms with Crippen molar-refractivity contribution < 1.29 is 14.4 Å². The number of fused-ring (bicyclic) bond motifs is 1. The molecule has 2 aliphatic heterocycles. The molecule has 0 saturated carbocycles. The molecular weight excluding hydrogens is 414 g/mol. The summed E-state index contributed by atoms with van der Waals surface area (Å²) in [6.07, 6.45) is 1.03. The molecule has 0 aliphatic carbocycles. The molecule has 0 aromatic heterocycles. The van der Waals surface area contributed by atoms with E-state index in [-0.39, 0.29) is 30.2 Å². The Balaban J connectivity index is 1.25. The van der Waals surface area contributed by atoms with E-state index in [0.29, 0.717) is 17.8 Å². The van der Waals surface area contributed by atoms with E-state index in [0.717, 1.165) is 17.8 Å². The zero-order valence-corrected chi connectivity index (χ0v) is 18.4. The van der Waals surface area contributed by atoms with Crippen molar-refractivity contribution in [3.05, 3.63) is 90.0 Å². The Labute approximate surface area is 192 Å². The molecule has 6 nitrogen and oxygen atoms in total. The van der Waals surface area contributed by atoms with Crippen LogP contribution in [0.2, 0.25) is 0 Å². The summed E-state index contributed by atoms with van der Waals surface area (Å²) < 4.78 is 0. The van der Waals surface area contributed by atoms with E-state index in [1.165, 1.54) is 5.56 Å². The van der Waals surface area contributed by atoms with Crippen LogP contribution in [0.25, 0.3) is 0 Å². The molecule has 0 radical (unpaired) electrons. The molecule has 5 rings (SSSR count). The van der Waals surface area contributed by atoms with Gasteiger partial charge in [0, 0.05) is 41.6 Å². The van der Waals surface area contributed by atoms with Gasteiger partial charge in [-0.2, -0.15) is 0 Å².